The second-order valence-electron chi connectivity index (χ2n) is 9.16. The summed E-state index contributed by atoms with van der Waals surface area (Å²) in [6, 6.07) is 21.9. The van der Waals surface area contributed by atoms with E-state index in [2.05, 4.69) is 12.1 Å². The summed E-state index contributed by atoms with van der Waals surface area (Å²) in [7, 11) is 1.64. The maximum absolute atomic E-state index is 13.5. The van der Waals surface area contributed by atoms with E-state index in [-0.39, 0.29) is 17.3 Å². The van der Waals surface area contributed by atoms with Crippen LogP contribution in [0.2, 0.25) is 0 Å². The zero-order valence-electron chi connectivity index (χ0n) is 18.9. The summed E-state index contributed by atoms with van der Waals surface area (Å²) < 4.78 is 0. The number of carbonyl (C=O) groups is 1. The smallest absolute Gasteiger partial charge is 0.239 e. The van der Waals surface area contributed by atoms with E-state index in [4.69, 9.17) is 10.7 Å². The maximum Gasteiger partial charge on any atom is 0.239 e. The van der Waals surface area contributed by atoms with Crippen molar-refractivity contribution in [3.63, 3.8) is 0 Å². The molecule has 168 valence electrons. The molecule has 3 aromatic rings. The molecule has 34 heavy (non-hydrogen) atoms. The number of hydrogen-bond donors (Lipinski definition) is 1. The first-order valence-electron chi connectivity index (χ1n) is 11.1. The normalized spacial score (nSPS) is 23.1. The highest BCUT2D eigenvalue weighted by Gasteiger charge is 2.49. The lowest BCUT2D eigenvalue weighted by Crippen LogP contribution is -2.52. The highest BCUT2D eigenvalue weighted by atomic mass is 32.1. The first kappa shape index (κ1) is 21.9. The molecule has 0 saturated heterocycles. The quantitative estimate of drug-likeness (QED) is 0.606. The Labute approximate surface area is 202 Å². The molecule has 1 amide bonds. The van der Waals surface area contributed by atoms with Crippen LogP contribution in [0.15, 0.2) is 65.0 Å². The van der Waals surface area contributed by atoms with Gasteiger partial charge in [-0.3, -0.25) is 9.69 Å². The molecule has 1 aliphatic carbocycles. The van der Waals surface area contributed by atoms with Gasteiger partial charge in [-0.2, -0.15) is 10.5 Å². The Bertz CT molecular complexity index is 1400. The van der Waals surface area contributed by atoms with Gasteiger partial charge in [0.05, 0.1) is 29.0 Å². The zero-order valence-corrected chi connectivity index (χ0v) is 19.8. The first-order valence-corrected chi connectivity index (χ1v) is 11.9. The van der Waals surface area contributed by atoms with Crippen molar-refractivity contribution < 1.29 is 4.79 Å². The third kappa shape index (κ3) is 3.37. The van der Waals surface area contributed by atoms with Gasteiger partial charge in [0.1, 0.15) is 5.54 Å². The summed E-state index contributed by atoms with van der Waals surface area (Å²) in [6.45, 7) is 1.95. The summed E-state index contributed by atoms with van der Waals surface area (Å²) in [5.74, 6) is -0.498. The van der Waals surface area contributed by atoms with Crippen LogP contribution in [0.5, 0.6) is 0 Å². The standard InChI is InChI=1S/C27H23N5OS/c1-26(22-13-20(15-34-22)19-5-3-4-17(12-19)14-28)23(24(33)32(2)25(30)31-26)18-6-8-21(9-7-18)27(16-29)10-11-27/h3-9,12-13,15,23H,10-11H2,1-2H3,(H2,30,31)/t23-,26-/m1/s1. The number of carbonyl (C=O) groups excluding carboxylic acids is 1. The average molecular weight is 466 g/mol. The number of nitrogens with zero attached hydrogens (tertiary/aromatic N) is 4. The second-order valence-corrected chi connectivity index (χ2v) is 10.1. The number of amides is 1. The number of benzene rings is 2. The van der Waals surface area contributed by atoms with Gasteiger partial charge >= 0.3 is 0 Å². The number of nitriles is 2. The van der Waals surface area contributed by atoms with Crippen molar-refractivity contribution in [1.82, 2.24) is 4.90 Å². The molecule has 6 nitrogen and oxygen atoms in total. The fraction of sp³-hybridized carbons (Fsp3) is 0.259. The van der Waals surface area contributed by atoms with Crippen LogP contribution in [0.1, 0.15) is 47.3 Å². The van der Waals surface area contributed by atoms with Gasteiger partial charge < -0.3 is 5.73 Å². The minimum atomic E-state index is -0.891. The average Bonchev–Trinajstić information content (AvgIpc) is 3.49. The lowest BCUT2D eigenvalue weighted by molar-refractivity contribution is -0.130. The van der Waals surface area contributed by atoms with Gasteiger partial charge in [0.15, 0.2) is 5.96 Å². The van der Waals surface area contributed by atoms with E-state index < -0.39 is 11.5 Å². The van der Waals surface area contributed by atoms with Crippen LogP contribution in [0, 0.1) is 22.7 Å². The number of thiophene rings is 1. The van der Waals surface area contributed by atoms with E-state index in [0.29, 0.717) is 5.56 Å². The molecule has 2 heterocycles. The molecule has 2 atom stereocenters. The molecule has 1 aliphatic heterocycles. The molecule has 1 aromatic heterocycles. The fourth-order valence-corrected chi connectivity index (χ4v) is 5.75. The third-order valence-electron chi connectivity index (χ3n) is 7.01. The molecule has 0 radical (unpaired) electrons. The van der Waals surface area contributed by atoms with Gasteiger partial charge in [-0.05, 0) is 65.6 Å². The van der Waals surface area contributed by atoms with E-state index in [0.717, 1.165) is 40.0 Å². The van der Waals surface area contributed by atoms with Gasteiger partial charge in [-0.1, -0.05) is 36.4 Å². The molecular formula is C27H23N5OS. The van der Waals surface area contributed by atoms with Crippen molar-refractivity contribution in [1.29, 1.82) is 10.5 Å². The summed E-state index contributed by atoms with van der Waals surface area (Å²) in [6.07, 6.45) is 1.74. The third-order valence-corrected chi connectivity index (χ3v) is 8.17. The topological polar surface area (TPSA) is 106 Å². The Morgan fingerprint density at radius 2 is 1.85 bits per heavy atom. The van der Waals surface area contributed by atoms with Crippen LogP contribution in [0.3, 0.4) is 0 Å². The molecule has 7 heteroatoms. The molecule has 1 saturated carbocycles. The van der Waals surface area contributed by atoms with E-state index >= 15 is 0 Å². The van der Waals surface area contributed by atoms with Gasteiger partial charge in [-0.25, -0.2) is 4.99 Å². The molecule has 5 rings (SSSR count). The van der Waals surface area contributed by atoms with Crippen molar-refractivity contribution in [3.05, 3.63) is 81.5 Å². The summed E-state index contributed by atoms with van der Waals surface area (Å²) in [5.41, 5.74) is 9.25. The van der Waals surface area contributed by atoms with E-state index in [1.807, 2.05) is 60.8 Å². The Kier molecular flexibility index (Phi) is 5.04. The minimum absolute atomic E-state index is 0.120. The number of likely N-dealkylation sites (N-methyl/N-ethyl adjacent to an activating group) is 1. The molecule has 1 fully saturated rings. The van der Waals surface area contributed by atoms with E-state index in [1.54, 1.807) is 13.1 Å². The second kappa shape index (κ2) is 7.83. The lowest BCUT2D eigenvalue weighted by atomic mass is 9.77. The number of nitrogens with two attached hydrogens (primary N) is 1. The van der Waals surface area contributed by atoms with Gasteiger partial charge in [0.2, 0.25) is 5.91 Å². The van der Waals surface area contributed by atoms with Crippen molar-refractivity contribution in [2.75, 3.05) is 7.05 Å². The maximum atomic E-state index is 13.5. The van der Waals surface area contributed by atoms with Crippen molar-refractivity contribution in [2.24, 2.45) is 10.7 Å². The highest BCUT2D eigenvalue weighted by Crippen LogP contribution is 2.50. The Hall–Kier alpha value is -3.94. The molecule has 0 bridgehead atoms. The molecule has 0 unspecified atom stereocenters. The molecule has 2 aromatic carbocycles. The summed E-state index contributed by atoms with van der Waals surface area (Å²) in [4.78, 5) is 20.7. The lowest BCUT2D eigenvalue weighted by Gasteiger charge is -2.40. The van der Waals surface area contributed by atoms with Gasteiger partial charge in [-0.15, -0.1) is 11.3 Å². The zero-order chi connectivity index (χ0) is 24.1. The predicted molar refractivity (Wildman–Crippen MR) is 132 cm³/mol. The van der Waals surface area contributed by atoms with Crippen molar-refractivity contribution >= 4 is 23.2 Å². The van der Waals surface area contributed by atoms with Crippen LogP contribution >= 0.6 is 11.3 Å². The van der Waals surface area contributed by atoms with Crippen molar-refractivity contribution in [3.8, 4) is 23.3 Å². The number of rotatable bonds is 4. The fourth-order valence-electron chi connectivity index (χ4n) is 4.69. The van der Waals surface area contributed by atoms with Crippen LogP contribution in [0.25, 0.3) is 11.1 Å². The van der Waals surface area contributed by atoms with E-state index in [1.165, 1.54) is 16.2 Å². The first-order chi connectivity index (χ1) is 16.3. The number of aliphatic imine (C=N–C) groups is 1. The molecule has 2 aliphatic rings. The Balaban J connectivity index is 1.58. The van der Waals surface area contributed by atoms with Crippen LogP contribution in [-0.4, -0.2) is 23.8 Å². The van der Waals surface area contributed by atoms with Crippen LogP contribution < -0.4 is 5.73 Å². The minimum Gasteiger partial charge on any atom is -0.369 e. The largest absolute Gasteiger partial charge is 0.369 e. The van der Waals surface area contributed by atoms with Gasteiger partial charge in [0, 0.05) is 11.9 Å². The highest BCUT2D eigenvalue weighted by molar-refractivity contribution is 7.10. The predicted octanol–water partition coefficient (Wildman–Crippen LogP) is 4.63. The molecule has 2 N–H and O–H groups in total. The van der Waals surface area contributed by atoms with Crippen LogP contribution in [0.4, 0.5) is 0 Å². The number of guanidine groups is 1. The molecule has 0 spiro atoms. The number of hydrogen-bond acceptors (Lipinski definition) is 6. The van der Waals surface area contributed by atoms with Crippen LogP contribution in [-0.2, 0) is 15.7 Å². The SMILES string of the molecule is CN1C(=O)[C@@H](c2ccc(C3(C#N)CC3)cc2)[C@@](C)(c2cc(-c3cccc(C#N)c3)cs2)N=C1N. The molecular weight excluding hydrogens is 442 g/mol. The summed E-state index contributed by atoms with van der Waals surface area (Å²) >= 11 is 1.53. The Morgan fingerprint density at radius 3 is 2.50 bits per heavy atom. The van der Waals surface area contributed by atoms with Crippen molar-refractivity contribution in [2.45, 2.75) is 36.6 Å². The van der Waals surface area contributed by atoms with E-state index in [9.17, 15) is 15.3 Å². The monoisotopic (exact) mass is 465 g/mol. The Morgan fingerprint density at radius 1 is 1.12 bits per heavy atom. The summed E-state index contributed by atoms with van der Waals surface area (Å²) in [5, 5.41) is 20.8. The van der Waals surface area contributed by atoms with Gasteiger partial charge in [0.25, 0.3) is 0 Å².